The van der Waals surface area contributed by atoms with E-state index in [1.165, 1.54) is 32.1 Å². The van der Waals surface area contributed by atoms with Crippen LogP contribution in [0.1, 0.15) is 64.4 Å². The minimum atomic E-state index is -0.880. The third-order valence-corrected chi connectivity index (χ3v) is 4.53. The molecule has 3 heteroatoms. The van der Waals surface area contributed by atoms with Gasteiger partial charge in [0.15, 0.2) is 0 Å². The molecule has 1 aromatic carbocycles. The van der Waals surface area contributed by atoms with Crippen LogP contribution in [0.2, 0.25) is 0 Å². The fraction of sp³-hybridized carbons (Fsp3) is 0.684. The number of aromatic hydroxyl groups is 1. The smallest absolute Gasteiger partial charge is 0.200 e. The molecular formula is C19H32O3. The minimum Gasteiger partial charge on any atom is -0.507 e. The van der Waals surface area contributed by atoms with Crippen molar-refractivity contribution in [3.8, 4) is 5.75 Å². The molecule has 0 spiro atoms. The Kier molecular flexibility index (Phi) is 8.51. The van der Waals surface area contributed by atoms with Gasteiger partial charge >= 0.3 is 0 Å². The lowest BCUT2D eigenvalue weighted by molar-refractivity contribution is -0.249. The summed E-state index contributed by atoms with van der Waals surface area (Å²) in [7, 11) is 3.29. The number of phenols is 1. The summed E-state index contributed by atoms with van der Waals surface area (Å²) < 4.78 is 11.5. The number of unbranched alkanes of at least 4 members (excludes halogenated alkanes) is 5. The molecule has 1 atom stereocenters. The Morgan fingerprint density at radius 2 is 1.59 bits per heavy atom. The fourth-order valence-electron chi connectivity index (χ4n) is 3.16. The highest BCUT2D eigenvalue weighted by Crippen LogP contribution is 2.40. The van der Waals surface area contributed by atoms with Crippen molar-refractivity contribution >= 4 is 0 Å². The maximum atomic E-state index is 10.2. The van der Waals surface area contributed by atoms with Crippen molar-refractivity contribution in [3.63, 3.8) is 0 Å². The maximum absolute atomic E-state index is 10.2. The van der Waals surface area contributed by atoms with Crippen LogP contribution in [-0.2, 0) is 15.3 Å². The van der Waals surface area contributed by atoms with Crippen LogP contribution < -0.4 is 0 Å². The fourth-order valence-corrected chi connectivity index (χ4v) is 3.16. The molecule has 0 saturated carbocycles. The van der Waals surface area contributed by atoms with Gasteiger partial charge in [-0.3, -0.25) is 0 Å². The van der Waals surface area contributed by atoms with Crippen LogP contribution in [0.4, 0.5) is 0 Å². The summed E-state index contributed by atoms with van der Waals surface area (Å²) in [6, 6.07) is 7.27. The van der Waals surface area contributed by atoms with E-state index in [0.29, 0.717) is 5.56 Å². The first kappa shape index (κ1) is 19.0. The number of para-hydroxylation sites is 1. The third kappa shape index (κ3) is 4.72. The summed E-state index contributed by atoms with van der Waals surface area (Å²) in [5.74, 6) is -0.489. The average Bonchev–Trinajstić information content (AvgIpc) is 2.54. The summed E-state index contributed by atoms with van der Waals surface area (Å²) >= 11 is 0. The van der Waals surface area contributed by atoms with E-state index in [2.05, 4.69) is 13.8 Å². The van der Waals surface area contributed by atoms with Gasteiger partial charge in [-0.2, -0.15) is 0 Å². The van der Waals surface area contributed by atoms with Crippen molar-refractivity contribution in [2.75, 3.05) is 14.2 Å². The first-order valence-electron chi connectivity index (χ1n) is 8.51. The number of hydrogen-bond acceptors (Lipinski definition) is 3. The van der Waals surface area contributed by atoms with E-state index in [4.69, 9.17) is 9.47 Å². The van der Waals surface area contributed by atoms with Crippen molar-refractivity contribution in [2.24, 2.45) is 5.92 Å². The Morgan fingerprint density at radius 3 is 2.18 bits per heavy atom. The summed E-state index contributed by atoms with van der Waals surface area (Å²) in [5.41, 5.74) is 0.707. The Labute approximate surface area is 135 Å². The second kappa shape index (κ2) is 9.86. The molecule has 0 aliphatic carbocycles. The summed E-state index contributed by atoms with van der Waals surface area (Å²) in [4.78, 5) is 0. The molecule has 0 fully saturated rings. The van der Waals surface area contributed by atoms with Crippen molar-refractivity contribution in [1.29, 1.82) is 0 Å². The van der Waals surface area contributed by atoms with Crippen LogP contribution in [-0.4, -0.2) is 19.3 Å². The van der Waals surface area contributed by atoms with Crippen molar-refractivity contribution < 1.29 is 14.6 Å². The van der Waals surface area contributed by atoms with Crippen LogP contribution in [0.5, 0.6) is 5.75 Å². The third-order valence-electron chi connectivity index (χ3n) is 4.53. The first-order valence-corrected chi connectivity index (χ1v) is 8.51. The molecule has 1 N–H and O–H groups in total. The Bertz CT molecular complexity index is 413. The second-order valence-corrected chi connectivity index (χ2v) is 6.05. The molecule has 0 saturated heterocycles. The van der Waals surface area contributed by atoms with Crippen LogP contribution in [0.25, 0.3) is 0 Å². The van der Waals surface area contributed by atoms with Crippen LogP contribution in [0.3, 0.4) is 0 Å². The first-order chi connectivity index (χ1) is 10.6. The number of benzene rings is 1. The molecule has 0 bridgehead atoms. The van der Waals surface area contributed by atoms with Gasteiger partial charge < -0.3 is 14.6 Å². The van der Waals surface area contributed by atoms with E-state index < -0.39 is 5.79 Å². The van der Waals surface area contributed by atoms with Gasteiger partial charge in [-0.25, -0.2) is 0 Å². The van der Waals surface area contributed by atoms with E-state index in [1.807, 2.05) is 18.2 Å². The van der Waals surface area contributed by atoms with Crippen molar-refractivity contribution in [2.45, 2.75) is 64.6 Å². The molecule has 126 valence electrons. The number of ether oxygens (including phenoxy) is 2. The van der Waals surface area contributed by atoms with E-state index in [9.17, 15) is 5.11 Å². The molecule has 1 aromatic rings. The lowest BCUT2D eigenvalue weighted by Crippen LogP contribution is -2.38. The molecule has 0 amide bonds. The highest BCUT2D eigenvalue weighted by atomic mass is 16.7. The van der Waals surface area contributed by atoms with Gasteiger partial charge in [0.2, 0.25) is 5.79 Å². The quantitative estimate of drug-likeness (QED) is 0.449. The zero-order chi connectivity index (χ0) is 16.4. The Hall–Kier alpha value is -1.06. The molecule has 1 unspecified atom stereocenters. The van der Waals surface area contributed by atoms with Crippen molar-refractivity contribution in [1.82, 2.24) is 0 Å². The number of methoxy groups -OCH3 is 2. The molecule has 22 heavy (non-hydrogen) atoms. The van der Waals surface area contributed by atoms with Gasteiger partial charge in [-0.15, -0.1) is 0 Å². The minimum absolute atomic E-state index is 0.168. The normalized spacial score (nSPS) is 13.3. The van der Waals surface area contributed by atoms with Crippen molar-refractivity contribution in [3.05, 3.63) is 29.8 Å². The summed E-state index contributed by atoms with van der Waals surface area (Å²) in [5, 5.41) is 10.2. The van der Waals surface area contributed by atoms with Gasteiger partial charge in [0.1, 0.15) is 5.75 Å². The van der Waals surface area contributed by atoms with Gasteiger partial charge in [-0.05, 0) is 18.6 Å². The standard InChI is InChI=1S/C19H32O3/c1-5-6-7-8-9-10-13-16(2)19(21-3,22-4)17-14-11-12-15-18(17)20/h11-12,14-16,20H,5-10,13H2,1-4H3. The number of rotatable bonds is 11. The monoisotopic (exact) mass is 308 g/mol. The highest BCUT2D eigenvalue weighted by Gasteiger charge is 2.40. The zero-order valence-corrected chi connectivity index (χ0v) is 14.6. The summed E-state index contributed by atoms with van der Waals surface area (Å²) in [6.07, 6.45) is 8.64. The molecular weight excluding hydrogens is 276 g/mol. The van der Waals surface area contributed by atoms with Gasteiger partial charge in [-0.1, -0.05) is 64.5 Å². The number of phenolic OH excluding ortho intramolecular Hbond substituents is 1. The Balaban J connectivity index is 2.67. The topological polar surface area (TPSA) is 38.7 Å². The summed E-state index contributed by atoms with van der Waals surface area (Å²) in [6.45, 7) is 4.37. The van der Waals surface area contributed by atoms with Gasteiger partial charge in [0, 0.05) is 20.1 Å². The molecule has 0 heterocycles. The highest BCUT2D eigenvalue weighted by molar-refractivity contribution is 5.36. The molecule has 0 aliphatic rings. The van der Waals surface area contributed by atoms with E-state index >= 15 is 0 Å². The molecule has 1 rings (SSSR count). The van der Waals surface area contributed by atoms with E-state index in [1.54, 1.807) is 20.3 Å². The number of hydrogen-bond donors (Lipinski definition) is 1. The van der Waals surface area contributed by atoms with Crippen LogP contribution >= 0.6 is 0 Å². The average molecular weight is 308 g/mol. The largest absolute Gasteiger partial charge is 0.507 e. The zero-order valence-electron chi connectivity index (χ0n) is 14.6. The Morgan fingerprint density at radius 1 is 1.00 bits per heavy atom. The van der Waals surface area contributed by atoms with Crippen LogP contribution in [0.15, 0.2) is 24.3 Å². The lowest BCUT2D eigenvalue weighted by Gasteiger charge is -2.37. The molecule has 0 aromatic heterocycles. The predicted molar refractivity (Wildman–Crippen MR) is 91.0 cm³/mol. The maximum Gasteiger partial charge on any atom is 0.200 e. The lowest BCUT2D eigenvalue weighted by atomic mass is 9.87. The SMILES string of the molecule is CCCCCCCCC(C)C(OC)(OC)c1ccccc1O. The predicted octanol–water partition coefficient (Wildman–Crippen LogP) is 5.22. The van der Waals surface area contributed by atoms with E-state index in [0.717, 1.165) is 12.8 Å². The van der Waals surface area contributed by atoms with Gasteiger partial charge in [0.25, 0.3) is 0 Å². The molecule has 0 aliphatic heterocycles. The van der Waals surface area contributed by atoms with E-state index in [-0.39, 0.29) is 11.7 Å². The van der Waals surface area contributed by atoms with Crippen LogP contribution in [0, 0.1) is 5.92 Å². The molecule has 3 nitrogen and oxygen atoms in total. The molecule has 0 radical (unpaired) electrons. The second-order valence-electron chi connectivity index (χ2n) is 6.05. The van der Waals surface area contributed by atoms with Gasteiger partial charge in [0.05, 0.1) is 5.56 Å².